The van der Waals surface area contributed by atoms with E-state index in [0.717, 1.165) is 9.80 Å². The molecule has 3 rings (SSSR count). The number of carbonyl (C=O) groups is 4. The number of carbonyl (C=O) groups excluding carboxylic acids is 4. The van der Waals surface area contributed by atoms with Crippen LogP contribution in [0, 0.1) is 0 Å². The molecular weight excluding hydrogens is 676 g/mol. The van der Waals surface area contributed by atoms with Gasteiger partial charge in [-0.05, 0) is 75.7 Å². The van der Waals surface area contributed by atoms with Crippen molar-refractivity contribution >= 4 is 24.2 Å². The molecule has 0 aromatic heterocycles. The number of likely N-dealkylation sites (tertiary alicyclic amines) is 1. The normalized spacial score (nSPS) is 32.6. The number of methoxy groups -OCH3 is 1. The first-order chi connectivity index (χ1) is 23.1. The number of hydrogen-bond acceptors (Lipinski definition) is 14. The maximum Gasteiger partial charge on any atom is 0.410 e. The van der Waals surface area contributed by atoms with Crippen molar-refractivity contribution in [3.8, 4) is 0 Å². The number of nitrogens with zero attached hydrogens (tertiary/aromatic N) is 2. The Hall–Kier alpha value is -3.00. The number of β-amino-alcohol motifs (C(OH)–C–C–N with tert-alkyl or cyclic N) is 1. The topological polar surface area (TPSA) is 235 Å². The van der Waals surface area contributed by atoms with Gasteiger partial charge in [0.15, 0.2) is 11.9 Å². The lowest BCUT2D eigenvalue weighted by Crippen LogP contribution is -2.74. The Labute approximate surface area is 299 Å². The molecule has 3 fully saturated rings. The van der Waals surface area contributed by atoms with E-state index in [2.05, 4.69) is 10.6 Å². The summed E-state index contributed by atoms with van der Waals surface area (Å²) < 4.78 is 33.6. The fraction of sp³-hybridized carbons (Fsp3) is 0.879. The standard InChI is InChI=1S/C33H58N4O14/c1-29(2,3)49-26(41)35-17-13-18(34-25(40)33(45)14-37(15-33)28(43)51-31(7,8)9)22(19(38)21(17)46-12)48-24-20(39)23(32(10,44)16-47-24)36(11)27(42)50-30(4,5)6/h17-24,38-39,44-45H,13-16H2,1-12H3,(H,34,40)(H,35,41)/t17-,18+,19-,20+,21+,22-,23+,24+,32-/m0/s1. The molecule has 294 valence electrons. The molecule has 18 heteroatoms. The predicted molar refractivity (Wildman–Crippen MR) is 178 cm³/mol. The van der Waals surface area contributed by atoms with E-state index >= 15 is 0 Å². The number of ether oxygens (including phenoxy) is 6. The van der Waals surface area contributed by atoms with Crippen molar-refractivity contribution in [3.63, 3.8) is 0 Å². The minimum absolute atomic E-state index is 0.126. The minimum Gasteiger partial charge on any atom is -0.444 e. The van der Waals surface area contributed by atoms with Crippen LogP contribution >= 0.6 is 0 Å². The van der Waals surface area contributed by atoms with Gasteiger partial charge < -0.3 is 69.3 Å². The van der Waals surface area contributed by atoms with Crippen molar-refractivity contribution in [2.75, 3.05) is 33.9 Å². The maximum absolute atomic E-state index is 13.6. The zero-order chi connectivity index (χ0) is 39.1. The molecule has 0 unspecified atom stereocenters. The summed E-state index contributed by atoms with van der Waals surface area (Å²) in [6.45, 7) is 15.2. The van der Waals surface area contributed by atoms with Crippen LogP contribution in [0.3, 0.4) is 0 Å². The highest BCUT2D eigenvalue weighted by Gasteiger charge is 2.56. The molecule has 51 heavy (non-hydrogen) atoms. The van der Waals surface area contributed by atoms with E-state index in [-0.39, 0.29) is 19.5 Å². The Morgan fingerprint density at radius 3 is 1.86 bits per heavy atom. The number of amides is 4. The number of nitrogens with one attached hydrogen (secondary N) is 2. The molecule has 1 aliphatic carbocycles. The highest BCUT2D eigenvalue weighted by molar-refractivity contribution is 5.89. The van der Waals surface area contributed by atoms with Crippen molar-refractivity contribution < 1.29 is 68.0 Å². The Bertz CT molecular complexity index is 1270. The number of rotatable bonds is 7. The second kappa shape index (κ2) is 15.2. The third-order valence-electron chi connectivity index (χ3n) is 8.41. The summed E-state index contributed by atoms with van der Waals surface area (Å²) in [6.07, 6.45) is -9.90. The molecule has 2 aliphatic heterocycles. The van der Waals surface area contributed by atoms with Gasteiger partial charge in [0.2, 0.25) is 0 Å². The molecule has 2 saturated heterocycles. The molecule has 4 amide bonds. The lowest BCUT2D eigenvalue weighted by molar-refractivity contribution is -0.306. The van der Waals surface area contributed by atoms with Gasteiger partial charge in [-0.3, -0.25) is 4.79 Å². The zero-order valence-corrected chi connectivity index (χ0v) is 31.7. The average Bonchev–Trinajstić information content (AvgIpc) is 2.91. The van der Waals surface area contributed by atoms with Crippen LogP contribution in [0.25, 0.3) is 0 Å². The lowest BCUT2D eigenvalue weighted by Gasteiger charge is -2.51. The molecule has 0 aromatic rings. The molecular formula is C33H58N4O14. The third-order valence-corrected chi connectivity index (χ3v) is 8.41. The first-order valence-electron chi connectivity index (χ1n) is 16.9. The van der Waals surface area contributed by atoms with Gasteiger partial charge in [-0.2, -0.15) is 0 Å². The lowest BCUT2D eigenvalue weighted by atomic mass is 9.82. The smallest absolute Gasteiger partial charge is 0.410 e. The Balaban J connectivity index is 1.89. The van der Waals surface area contributed by atoms with Gasteiger partial charge in [0, 0.05) is 14.2 Å². The van der Waals surface area contributed by atoms with E-state index in [0.29, 0.717) is 0 Å². The number of aliphatic hydroxyl groups excluding tert-OH is 2. The Kier molecular flexibility index (Phi) is 12.6. The molecule has 1 saturated carbocycles. The van der Waals surface area contributed by atoms with Gasteiger partial charge >= 0.3 is 18.3 Å². The maximum atomic E-state index is 13.6. The van der Waals surface area contributed by atoms with Crippen LogP contribution in [0.15, 0.2) is 0 Å². The van der Waals surface area contributed by atoms with E-state index in [4.69, 9.17) is 28.4 Å². The van der Waals surface area contributed by atoms with Crippen molar-refractivity contribution in [3.05, 3.63) is 0 Å². The highest BCUT2D eigenvalue weighted by Crippen LogP contribution is 2.34. The van der Waals surface area contributed by atoms with Gasteiger partial charge in [0.05, 0.1) is 37.8 Å². The van der Waals surface area contributed by atoms with Crippen molar-refractivity contribution in [2.45, 2.75) is 152 Å². The van der Waals surface area contributed by atoms with Gasteiger partial charge in [-0.15, -0.1) is 0 Å². The van der Waals surface area contributed by atoms with E-state index in [1.54, 1.807) is 62.3 Å². The fourth-order valence-corrected chi connectivity index (χ4v) is 6.23. The molecule has 0 radical (unpaired) electrons. The van der Waals surface area contributed by atoms with Crippen LogP contribution in [0.2, 0.25) is 0 Å². The van der Waals surface area contributed by atoms with E-state index in [1.165, 1.54) is 21.1 Å². The quantitative estimate of drug-likeness (QED) is 0.192. The van der Waals surface area contributed by atoms with E-state index < -0.39 is 108 Å². The summed E-state index contributed by atoms with van der Waals surface area (Å²) in [5.41, 5.74) is -6.34. The summed E-state index contributed by atoms with van der Waals surface area (Å²) in [7, 11) is 2.63. The Morgan fingerprint density at radius 1 is 0.824 bits per heavy atom. The summed E-state index contributed by atoms with van der Waals surface area (Å²) >= 11 is 0. The highest BCUT2D eigenvalue weighted by atomic mass is 16.7. The zero-order valence-electron chi connectivity index (χ0n) is 31.7. The summed E-state index contributed by atoms with van der Waals surface area (Å²) in [5.74, 6) is -0.907. The van der Waals surface area contributed by atoms with Crippen molar-refractivity contribution in [1.82, 2.24) is 20.4 Å². The molecule has 9 atom stereocenters. The van der Waals surface area contributed by atoms with Crippen LogP contribution in [-0.2, 0) is 33.2 Å². The van der Waals surface area contributed by atoms with Crippen LogP contribution < -0.4 is 10.6 Å². The largest absolute Gasteiger partial charge is 0.444 e. The van der Waals surface area contributed by atoms with E-state index in [1.807, 2.05) is 0 Å². The van der Waals surface area contributed by atoms with Crippen LogP contribution in [0.4, 0.5) is 14.4 Å². The van der Waals surface area contributed by atoms with E-state index in [9.17, 15) is 39.6 Å². The minimum atomic E-state index is -2.03. The van der Waals surface area contributed by atoms with Crippen LogP contribution in [-0.4, -0.2) is 165 Å². The first-order valence-corrected chi connectivity index (χ1v) is 16.9. The molecule has 18 nitrogen and oxygen atoms in total. The average molecular weight is 735 g/mol. The summed E-state index contributed by atoms with van der Waals surface area (Å²) in [4.78, 5) is 54.0. The predicted octanol–water partition coefficient (Wildman–Crippen LogP) is 0.215. The van der Waals surface area contributed by atoms with Crippen molar-refractivity contribution in [1.29, 1.82) is 0 Å². The second-order valence-corrected chi connectivity index (χ2v) is 16.8. The molecule has 6 N–H and O–H groups in total. The van der Waals surface area contributed by atoms with Crippen LogP contribution in [0.1, 0.15) is 75.7 Å². The second-order valence-electron chi connectivity index (χ2n) is 16.8. The Morgan fingerprint density at radius 2 is 1.35 bits per heavy atom. The van der Waals surface area contributed by atoms with Gasteiger partial charge in [0.1, 0.15) is 46.8 Å². The van der Waals surface area contributed by atoms with Gasteiger partial charge in [-0.25, -0.2) is 14.4 Å². The number of aliphatic hydroxyl groups is 4. The van der Waals surface area contributed by atoms with Crippen molar-refractivity contribution in [2.24, 2.45) is 0 Å². The molecule has 2 heterocycles. The SMILES string of the molecule is CO[C@H]1[C@H](O)[C@@H](O[C@H]2OC[C@](C)(O)[C@H](N(C)C(=O)OC(C)(C)C)[C@H]2O)[C@H](NC(=O)C2(O)CN(C(=O)OC(C)(C)C)C2)C[C@@H]1NC(=O)OC(C)(C)C. The summed E-state index contributed by atoms with van der Waals surface area (Å²) in [6, 6.07) is -3.43. The number of hydrogen-bond donors (Lipinski definition) is 6. The fourth-order valence-electron chi connectivity index (χ4n) is 6.23. The molecule has 3 aliphatic rings. The molecule has 0 aromatic carbocycles. The summed E-state index contributed by atoms with van der Waals surface area (Å²) in [5, 5.41) is 50.8. The molecule has 0 spiro atoms. The van der Waals surface area contributed by atoms with Crippen LogP contribution in [0.5, 0.6) is 0 Å². The number of alkyl carbamates (subject to hydrolysis) is 1. The molecule has 0 bridgehead atoms. The van der Waals surface area contributed by atoms with Gasteiger partial charge in [0.25, 0.3) is 5.91 Å². The first kappa shape index (κ1) is 42.4. The number of likely N-dealkylation sites (N-methyl/N-ethyl adjacent to an activating group) is 1. The third kappa shape index (κ3) is 10.8. The monoisotopic (exact) mass is 734 g/mol. The van der Waals surface area contributed by atoms with Gasteiger partial charge in [-0.1, -0.05) is 0 Å².